The molecule has 5 nitrogen and oxygen atoms in total. The Morgan fingerprint density at radius 3 is 2.50 bits per heavy atom. The van der Waals surface area contributed by atoms with Crippen LogP contribution >= 0.6 is 12.4 Å². The number of nitrogens with one attached hydrogen (secondary N) is 1. The minimum absolute atomic E-state index is 0. The number of carbonyl (C=O) groups excluding carboxylic acids is 2. The molecule has 3 fully saturated rings. The Morgan fingerprint density at radius 1 is 1.19 bits per heavy atom. The first kappa shape index (κ1) is 19.2. The minimum atomic E-state index is -0.186. The molecule has 3 aliphatic rings. The van der Waals surface area contributed by atoms with Crippen LogP contribution in [-0.2, 0) is 16.1 Å². The lowest BCUT2D eigenvalue weighted by Crippen LogP contribution is -2.50. The Balaban J connectivity index is 0.00000196. The van der Waals surface area contributed by atoms with Gasteiger partial charge in [0, 0.05) is 44.7 Å². The van der Waals surface area contributed by atoms with E-state index in [1.54, 1.807) is 0 Å². The second-order valence-electron chi connectivity index (χ2n) is 7.87. The van der Waals surface area contributed by atoms with Crippen LogP contribution in [-0.4, -0.2) is 53.3 Å². The first-order valence-electron chi connectivity index (χ1n) is 9.44. The van der Waals surface area contributed by atoms with Crippen LogP contribution in [0.5, 0.6) is 0 Å². The van der Waals surface area contributed by atoms with Gasteiger partial charge in [-0.2, -0.15) is 0 Å². The van der Waals surface area contributed by atoms with Gasteiger partial charge in [0.15, 0.2) is 0 Å². The molecule has 0 saturated carbocycles. The number of likely N-dealkylation sites (tertiary alicyclic amines) is 1. The van der Waals surface area contributed by atoms with Gasteiger partial charge in [-0.1, -0.05) is 30.3 Å². The van der Waals surface area contributed by atoms with Crippen molar-refractivity contribution in [2.24, 2.45) is 5.92 Å². The summed E-state index contributed by atoms with van der Waals surface area (Å²) in [6.07, 6.45) is 4.92. The fourth-order valence-electron chi connectivity index (χ4n) is 4.71. The molecule has 3 heterocycles. The van der Waals surface area contributed by atoms with E-state index in [0.717, 1.165) is 18.4 Å². The molecule has 3 saturated heterocycles. The van der Waals surface area contributed by atoms with Gasteiger partial charge < -0.3 is 15.1 Å². The van der Waals surface area contributed by atoms with E-state index >= 15 is 0 Å². The average Bonchev–Trinajstić information content (AvgIpc) is 3.16. The van der Waals surface area contributed by atoms with E-state index in [0.29, 0.717) is 37.6 Å². The third-order valence-corrected chi connectivity index (χ3v) is 6.12. The van der Waals surface area contributed by atoms with Gasteiger partial charge in [0.1, 0.15) is 0 Å². The molecule has 142 valence electrons. The molecule has 3 atom stereocenters. The molecule has 0 spiro atoms. The van der Waals surface area contributed by atoms with Crippen LogP contribution in [0.2, 0.25) is 0 Å². The van der Waals surface area contributed by atoms with E-state index in [2.05, 4.69) is 5.32 Å². The molecule has 0 radical (unpaired) electrons. The monoisotopic (exact) mass is 377 g/mol. The van der Waals surface area contributed by atoms with Crippen molar-refractivity contribution >= 4 is 24.2 Å². The van der Waals surface area contributed by atoms with E-state index in [1.165, 1.54) is 12.8 Å². The maximum absolute atomic E-state index is 12.9. The fraction of sp³-hybridized carbons (Fsp3) is 0.600. The van der Waals surface area contributed by atoms with E-state index < -0.39 is 0 Å². The van der Waals surface area contributed by atoms with Gasteiger partial charge in [-0.3, -0.25) is 9.59 Å². The van der Waals surface area contributed by atoms with Crippen LogP contribution in [0, 0.1) is 5.92 Å². The predicted molar refractivity (Wildman–Crippen MR) is 103 cm³/mol. The fourth-order valence-corrected chi connectivity index (χ4v) is 4.71. The average molecular weight is 378 g/mol. The molecule has 2 bridgehead atoms. The van der Waals surface area contributed by atoms with Crippen LogP contribution in [0.3, 0.4) is 0 Å². The van der Waals surface area contributed by atoms with Crippen molar-refractivity contribution in [1.29, 1.82) is 0 Å². The van der Waals surface area contributed by atoms with Gasteiger partial charge >= 0.3 is 0 Å². The lowest BCUT2D eigenvalue weighted by molar-refractivity contribution is -0.137. The molecule has 2 amide bonds. The van der Waals surface area contributed by atoms with Crippen LogP contribution < -0.4 is 5.32 Å². The van der Waals surface area contributed by atoms with Gasteiger partial charge in [-0.15, -0.1) is 12.4 Å². The number of hydrogen-bond acceptors (Lipinski definition) is 3. The molecule has 0 aliphatic carbocycles. The molecular weight excluding hydrogens is 350 g/mol. The Morgan fingerprint density at radius 2 is 1.85 bits per heavy atom. The van der Waals surface area contributed by atoms with Gasteiger partial charge in [-0.25, -0.2) is 0 Å². The topological polar surface area (TPSA) is 52.7 Å². The van der Waals surface area contributed by atoms with Crippen molar-refractivity contribution in [3.8, 4) is 0 Å². The third kappa shape index (κ3) is 3.89. The number of halogens is 1. The Labute approximate surface area is 161 Å². The van der Waals surface area contributed by atoms with Crippen LogP contribution in [0.15, 0.2) is 30.3 Å². The van der Waals surface area contributed by atoms with E-state index in [9.17, 15) is 9.59 Å². The maximum atomic E-state index is 12.9. The normalized spacial score (nSPS) is 30.2. The SMILES string of the molecule is CN(C(=O)C1CC(=O)N(Cc2ccccc2)C1)C1CC2CCC(C1)N2.Cl. The molecule has 0 aromatic heterocycles. The molecular formula is C20H28ClN3O2. The quantitative estimate of drug-likeness (QED) is 0.875. The molecule has 1 aromatic rings. The third-order valence-electron chi connectivity index (χ3n) is 6.12. The molecule has 4 rings (SSSR count). The highest BCUT2D eigenvalue weighted by Crippen LogP contribution is 2.31. The minimum Gasteiger partial charge on any atom is -0.342 e. The molecule has 1 N–H and O–H groups in total. The standard InChI is InChI=1S/C20H27N3O2.ClH/c1-22(18-10-16-7-8-17(11-18)21-16)20(25)15-9-19(24)23(13-15)12-14-5-3-2-4-6-14;/h2-6,15-18,21H,7-13H2,1H3;1H. The van der Waals surface area contributed by atoms with Crippen molar-refractivity contribution in [2.45, 2.75) is 56.8 Å². The zero-order valence-electron chi connectivity index (χ0n) is 15.3. The summed E-state index contributed by atoms with van der Waals surface area (Å²) >= 11 is 0. The highest BCUT2D eigenvalue weighted by atomic mass is 35.5. The largest absolute Gasteiger partial charge is 0.342 e. The number of benzene rings is 1. The summed E-state index contributed by atoms with van der Waals surface area (Å²) in [5.74, 6) is 0.0601. The van der Waals surface area contributed by atoms with Crippen molar-refractivity contribution in [3.05, 3.63) is 35.9 Å². The van der Waals surface area contributed by atoms with Crippen LogP contribution in [0.4, 0.5) is 0 Å². The number of hydrogen-bond donors (Lipinski definition) is 1. The number of carbonyl (C=O) groups is 2. The summed E-state index contributed by atoms with van der Waals surface area (Å²) in [4.78, 5) is 29.1. The zero-order chi connectivity index (χ0) is 17.4. The summed E-state index contributed by atoms with van der Waals surface area (Å²) in [7, 11) is 1.93. The number of fused-ring (bicyclic) bond motifs is 2. The molecule has 6 heteroatoms. The second-order valence-corrected chi connectivity index (χ2v) is 7.87. The smallest absolute Gasteiger partial charge is 0.227 e. The maximum Gasteiger partial charge on any atom is 0.227 e. The highest BCUT2D eigenvalue weighted by Gasteiger charge is 2.40. The predicted octanol–water partition coefficient (Wildman–Crippen LogP) is 2.20. The Kier molecular flexibility index (Phi) is 5.88. The van der Waals surface area contributed by atoms with Crippen molar-refractivity contribution in [2.75, 3.05) is 13.6 Å². The highest BCUT2D eigenvalue weighted by molar-refractivity contribution is 5.89. The number of piperidine rings is 1. The van der Waals surface area contributed by atoms with Gasteiger partial charge in [-0.05, 0) is 31.2 Å². The second kappa shape index (κ2) is 7.97. The summed E-state index contributed by atoms with van der Waals surface area (Å²) in [5, 5.41) is 3.62. The molecule has 26 heavy (non-hydrogen) atoms. The summed E-state index contributed by atoms with van der Waals surface area (Å²) in [6, 6.07) is 11.5. The van der Waals surface area contributed by atoms with Gasteiger partial charge in [0.25, 0.3) is 0 Å². The Bertz CT molecular complexity index is 642. The van der Waals surface area contributed by atoms with Crippen molar-refractivity contribution in [3.63, 3.8) is 0 Å². The van der Waals surface area contributed by atoms with Crippen LogP contribution in [0.25, 0.3) is 0 Å². The van der Waals surface area contributed by atoms with Gasteiger partial charge in [0.2, 0.25) is 11.8 Å². The van der Waals surface area contributed by atoms with E-state index in [4.69, 9.17) is 0 Å². The van der Waals surface area contributed by atoms with E-state index in [-0.39, 0.29) is 30.1 Å². The zero-order valence-corrected chi connectivity index (χ0v) is 16.1. The number of rotatable bonds is 4. The lowest BCUT2D eigenvalue weighted by Gasteiger charge is -2.36. The van der Waals surface area contributed by atoms with Crippen molar-refractivity contribution < 1.29 is 9.59 Å². The Hall–Kier alpha value is -1.59. The first-order valence-corrected chi connectivity index (χ1v) is 9.44. The van der Waals surface area contributed by atoms with Crippen LogP contribution in [0.1, 0.15) is 37.7 Å². The summed E-state index contributed by atoms with van der Waals surface area (Å²) in [6.45, 7) is 1.15. The summed E-state index contributed by atoms with van der Waals surface area (Å²) in [5.41, 5.74) is 1.12. The van der Waals surface area contributed by atoms with Crippen molar-refractivity contribution in [1.82, 2.24) is 15.1 Å². The number of amides is 2. The van der Waals surface area contributed by atoms with Gasteiger partial charge in [0.05, 0.1) is 5.92 Å². The number of nitrogens with zero attached hydrogens (tertiary/aromatic N) is 2. The summed E-state index contributed by atoms with van der Waals surface area (Å²) < 4.78 is 0. The van der Waals surface area contributed by atoms with E-state index in [1.807, 2.05) is 47.2 Å². The first-order chi connectivity index (χ1) is 12.1. The lowest BCUT2D eigenvalue weighted by atomic mass is 9.97. The molecule has 3 unspecified atom stereocenters. The molecule has 1 aromatic carbocycles. The molecule has 3 aliphatic heterocycles.